The van der Waals surface area contributed by atoms with Crippen molar-refractivity contribution in [3.8, 4) is 11.3 Å². The lowest BCUT2D eigenvalue weighted by molar-refractivity contribution is -0.141. The summed E-state index contributed by atoms with van der Waals surface area (Å²) >= 11 is 0. The van der Waals surface area contributed by atoms with Crippen LogP contribution in [-0.2, 0) is 13.2 Å². The fourth-order valence-corrected chi connectivity index (χ4v) is 3.08. The first-order valence-electron chi connectivity index (χ1n) is 7.96. The molecule has 0 saturated carbocycles. The second-order valence-corrected chi connectivity index (χ2v) is 6.43. The monoisotopic (exact) mass is 339 g/mol. The van der Waals surface area contributed by atoms with Gasteiger partial charge in [0.15, 0.2) is 5.69 Å². The molecule has 0 aromatic carbocycles. The quantitative estimate of drug-likeness (QED) is 0.841. The predicted molar refractivity (Wildman–Crippen MR) is 84.6 cm³/mol. The molecule has 3 rings (SSSR count). The maximum Gasteiger partial charge on any atom is 0.433 e. The van der Waals surface area contributed by atoms with Crippen LogP contribution in [0.25, 0.3) is 11.3 Å². The average molecular weight is 339 g/mol. The van der Waals surface area contributed by atoms with Gasteiger partial charge in [0.1, 0.15) is 0 Å². The summed E-state index contributed by atoms with van der Waals surface area (Å²) in [6, 6.07) is 1.00. The third-order valence-corrected chi connectivity index (χ3v) is 4.23. The zero-order chi connectivity index (χ0) is 17.5. The zero-order valence-corrected chi connectivity index (χ0v) is 13.9. The van der Waals surface area contributed by atoms with E-state index in [4.69, 9.17) is 0 Å². The molecule has 8 heteroatoms. The van der Waals surface area contributed by atoms with E-state index in [2.05, 4.69) is 22.0 Å². The average Bonchev–Trinajstić information content (AvgIpc) is 2.84. The minimum Gasteiger partial charge on any atom is -0.341 e. The summed E-state index contributed by atoms with van der Waals surface area (Å²) in [5.41, 5.74) is 0.583. The standard InChI is InChI=1S/C16H20F3N5/c1-10-5-4-6-24(8-10)15-20-13(7-14(21-15)16(17,18)19)12-9-23(3)22-11(12)2/h7,9-10H,4-6,8H2,1-3H3. The molecular formula is C16H20F3N5. The Kier molecular flexibility index (Phi) is 4.23. The maximum atomic E-state index is 13.3. The summed E-state index contributed by atoms with van der Waals surface area (Å²) in [5.74, 6) is 0.565. The van der Waals surface area contributed by atoms with Gasteiger partial charge in [0.2, 0.25) is 5.95 Å². The van der Waals surface area contributed by atoms with Gasteiger partial charge in [0.05, 0.1) is 11.4 Å². The van der Waals surface area contributed by atoms with Gasteiger partial charge in [-0.05, 0) is 31.7 Å². The molecule has 0 bridgehead atoms. The molecule has 1 unspecified atom stereocenters. The van der Waals surface area contributed by atoms with Crippen molar-refractivity contribution in [2.75, 3.05) is 18.0 Å². The molecule has 1 fully saturated rings. The molecule has 1 saturated heterocycles. The van der Waals surface area contributed by atoms with Gasteiger partial charge < -0.3 is 4.90 Å². The Hall–Kier alpha value is -2.12. The topological polar surface area (TPSA) is 46.8 Å². The SMILES string of the molecule is Cc1nn(C)cc1-c1cc(C(F)(F)F)nc(N2CCCC(C)C2)n1. The molecule has 1 aliphatic rings. The van der Waals surface area contributed by atoms with Crippen LogP contribution in [0.1, 0.15) is 31.2 Å². The van der Waals surface area contributed by atoms with Crippen molar-refractivity contribution < 1.29 is 13.2 Å². The fraction of sp³-hybridized carbons (Fsp3) is 0.562. The smallest absolute Gasteiger partial charge is 0.341 e. The lowest BCUT2D eigenvalue weighted by Gasteiger charge is -2.31. The third kappa shape index (κ3) is 3.37. The Balaban J connectivity index is 2.09. The maximum absolute atomic E-state index is 13.3. The molecule has 0 N–H and O–H groups in total. The van der Waals surface area contributed by atoms with Crippen molar-refractivity contribution >= 4 is 5.95 Å². The van der Waals surface area contributed by atoms with Gasteiger partial charge >= 0.3 is 6.18 Å². The summed E-state index contributed by atoms with van der Waals surface area (Å²) in [5, 5.41) is 4.19. The summed E-state index contributed by atoms with van der Waals surface area (Å²) in [6.45, 7) is 5.20. The molecule has 2 aromatic heterocycles. The van der Waals surface area contributed by atoms with Crippen molar-refractivity contribution in [1.29, 1.82) is 0 Å². The van der Waals surface area contributed by atoms with Gasteiger partial charge in [-0.25, -0.2) is 9.97 Å². The molecule has 130 valence electrons. The Labute approximate surface area is 138 Å². The predicted octanol–water partition coefficient (Wildman–Crippen LogP) is 3.44. The van der Waals surface area contributed by atoms with E-state index in [0.29, 0.717) is 30.3 Å². The third-order valence-electron chi connectivity index (χ3n) is 4.23. The first-order valence-corrected chi connectivity index (χ1v) is 7.96. The van der Waals surface area contributed by atoms with E-state index in [1.165, 1.54) is 0 Å². The van der Waals surface area contributed by atoms with Gasteiger partial charge in [0.25, 0.3) is 0 Å². The van der Waals surface area contributed by atoms with E-state index in [1.54, 1.807) is 24.9 Å². The number of hydrogen-bond donors (Lipinski definition) is 0. The summed E-state index contributed by atoms with van der Waals surface area (Å²) in [7, 11) is 1.73. The van der Waals surface area contributed by atoms with Crippen LogP contribution in [0.3, 0.4) is 0 Å². The van der Waals surface area contributed by atoms with Gasteiger partial charge in [-0.3, -0.25) is 4.68 Å². The van der Waals surface area contributed by atoms with Gasteiger partial charge in [0, 0.05) is 31.9 Å². The van der Waals surface area contributed by atoms with Crippen LogP contribution in [-0.4, -0.2) is 32.8 Å². The molecule has 2 aromatic rings. The zero-order valence-electron chi connectivity index (χ0n) is 13.9. The number of aromatic nitrogens is 4. The van der Waals surface area contributed by atoms with Gasteiger partial charge in [-0.2, -0.15) is 18.3 Å². The fourth-order valence-electron chi connectivity index (χ4n) is 3.08. The molecule has 0 aliphatic carbocycles. The summed E-state index contributed by atoms with van der Waals surface area (Å²) < 4.78 is 41.4. The number of anilines is 1. The number of rotatable bonds is 2. The van der Waals surface area contributed by atoms with Crippen LogP contribution in [0.5, 0.6) is 0 Å². The molecule has 0 spiro atoms. The van der Waals surface area contributed by atoms with Crippen molar-refractivity contribution in [3.63, 3.8) is 0 Å². The molecule has 24 heavy (non-hydrogen) atoms. The number of aryl methyl sites for hydroxylation is 2. The summed E-state index contributed by atoms with van der Waals surface area (Å²) in [6.07, 6.45) is -0.823. The Morgan fingerprint density at radius 1 is 1.25 bits per heavy atom. The molecule has 1 aliphatic heterocycles. The van der Waals surface area contributed by atoms with E-state index in [1.807, 2.05) is 4.90 Å². The molecule has 3 heterocycles. The summed E-state index contributed by atoms with van der Waals surface area (Å²) in [4.78, 5) is 10.0. The molecular weight excluding hydrogens is 319 g/mol. The highest BCUT2D eigenvalue weighted by Gasteiger charge is 2.35. The van der Waals surface area contributed by atoms with E-state index in [9.17, 15) is 13.2 Å². The van der Waals surface area contributed by atoms with Gasteiger partial charge in [-0.1, -0.05) is 6.92 Å². The normalized spacial score (nSPS) is 18.9. The highest BCUT2D eigenvalue weighted by atomic mass is 19.4. The number of piperidine rings is 1. The van der Waals surface area contributed by atoms with E-state index in [-0.39, 0.29) is 11.6 Å². The highest BCUT2D eigenvalue weighted by molar-refractivity contribution is 5.63. The lowest BCUT2D eigenvalue weighted by Crippen LogP contribution is -2.36. The van der Waals surface area contributed by atoms with Gasteiger partial charge in [-0.15, -0.1) is 0 Å². The van der Waals surface area contributed by atoms with Crippen LogP contribution < -0.4 is 4.90 Å². The Morgan fingerprint density at radius 3 is 2.58 bits per heavy atom. The van der Waals surface area contributed by atoms with Crippen LogP contribution >= 0.6 is 0 Å². The first-order chi connectivity index (χ1) is 11.2. The molecule has 0 amide bonds. The van der Waals surface area contributed by atoms with Crippen LogP contribution in [0.15, 0.2) is 12.3 Å². The molecule has 5 nitrogen and oxygen atoms in total. The Bertz CT molecular complexity index is 738. The largest absolute Gasteiger partial charge is 0.433 e. The van der Waals surface area contributed by atoms with Crippen molar-refractivity contribution in [3.05, 3.63) is 23.7 Å². The lowest BCUT2D eigenvalue weighted by atomic mass is 10.0. The van der Waals surface area contributed by atoms with Crippen LogP contribution in [0.4, 0.5) is 19.1 Å². The number of nitrogens with zero attached hydrogens (tertiary/aromatic N) is 5. The minimum absolute atomic E-state index is 0.148. The van der Waals surface area contributed by atoms with Crippen LogP contribution in [0.2, 0.25) is 0 Å². The molecule has 1 atom stereocenters. The van der Waals surface area contributed by atoms with Crippen molar-refractivity contribution in [1.82, 2.24) is 19.7 Å². The number of halogens is 3. The molecule has 0 radical (unpaired) electrons. The van der Waals surface area contributed by atoms with E-state index < -0.39 is 11.9 Å². The highest BCUT2D eigenvalue weighted by Crippen LogP contribution is 2.33. The second kappa shape index (κ2) is 6.07. The second-order valence-electron chi connectivity index (χ2n) is 6.43. The number of hydrogen-bond acceptors (Lipinski definition) is 4. The van der Waals surface area contributed by atoms with Crippen molar-refractivity contribution in [2.24, 2.45) is 13.0 Å². The van der Waals surface area contributed by atoms with Crippen LogP contribution in [0, 0.1) is 12.8 Å². The minimum atomic E-state index is -4.51. The Morgan fingerprint density at radius 2 is 2.00 bits per heavy atom. The van der Waals surface area contributed by atoms with Crippen molar-refractivity contribution in [2.45, 2.75) is 32.9 Å². The number of alkyl halides is 3. The first kappa shape index (κ1) is 16.7. The van der Waals surface area contributed by atoms with E-state index >= 15 is 0 Å². The van der Waals surface area contributed by atoms with E-state index in [0.717, 1.165) is 18.9 Å².